The van der Waals surface area contributed by atoms with Gasteiger partial charge in [0.25, 0.3) is 5.91 Å². The number of carbonyl (C=O) groups is 5. The van der Waals surface area contributed by atoms with Gasteiger partial charge in [-0.1, -0.05) is 85.6 Å². The maximum absolute atomic E-state index is 13.9. The Morgan fingerprint density at radius 1 is 0.812 bits per heavy atom. The van der Waals surface area contributed by atoms with Crippen LogP contribution in [0.1, 0.15) is 60.0 Å². The van der Waals surface area contributed by atoms with Gasteiger partial charge in [-0.3, -0.25) is 24.0 Å². The van der Waals surface area contributed by atoms with Crippen molar-refractivity contribution in [3.8, 4) is 5.75 Å². The van der Waals surface area contributed by atoms with Gasteiger partial charge in [0.15, 0.2) is 0 Å². The van der Waals surface area contributed by atoms with Crippen LogP contribution < -0.4 is 31.3 Å². The molecule has 11 nitrogen and oxygen atoms in total. The number of para-hydroxylation sites is 1. The van der Waals surface area contributed by atoms with Gasteiger partial charge in [-0.25, -0.2) is 0 Å². The highest BCUT2D eigenvalue weighted by Gasteiger charge is 2.44. The first-order chi connectivity index (χ1) is 23.3. The van der Waals surface area contributed by atoms with E-state index in [1.807, 2.05) is 60.7 Å². The number of ether oxygens (including phenoxy) is 1. The van der Waals surface area contributed by atoms with Crippen LogP contribution in [-0.4, -0.2) is 66.9 Å². The van der Waals surface area contributed by atoms with Gasteiger partial charge in [-0.05, 0) is 48.9 Å². The highest BCUT2D eigenvalue weighted by Crippen LogP contribution is 2.30. The Balaban J connectivity index is 1.39. The molecule has 11 heteroatoms. The summed E-state index contributed by atoms with van der Waals surface area (Å²) in [6.45, 7) is 0.782. The molecule has 3 aromatic carbocycles. The molecule has 5 amide bonds. The van der Waals surface area contributed by atoms with Gasteiger partial charge in [-0.15, -0.1) is 0 Å². The molecule has 1 aliphatic heterocycles. The fourth-order valence-electron chi connectivity index (χ4n) is 6.16. The highest BCUT2D eigenvalue weighted by molar-refractivity contribution is 6.01. The smallest absolute Gasteiger partial charge is 0.255 e. The number of nitrogens with one attached hydrogen (secondary N) is 5. The second-order valence-corrected chi connectivity index (χ2v) is 12.3. The van der Waals surface area contributed by atoms with E-state index in [9.17, 15) is 24.0 Å². The van der Waals surface area contributed by atoms with Crippen LogP contribution in [0.2, 0.25) is 0 Å². The predicted octanol–water partition coefficient (Wildman–Crippen LogP) is 2.59. The largest absolute Gasteiger partial charge is 0.493 e. The summed E-state index contributed by atoms with van der Waals surface area (Å²) >= 11 is 0. The standard InChI is InChI=1S/C37H43N5O6/c43-32-25-30(35(46)39-22-18-26-12-3-1-4-13-26)40-33(44)28-16-7-8-17-31(28)48-23-11-21-38-34(45)29(24-27-14-5-2-6-15-27)41-36(47)37(42-32)19-9-10-20-37/h1-8,12-17,29-30H,9-11,18-25H2,(H,38,45)(H,39,46)(H,40,44)(H,41,47)(H,42,43)/t29-,30-/m0/s1. The molecule has 48 heavy (non-hydrogen) atoms. The number of rotatable bonds is 6. The summed E-state index contributed by atoms with van der Waals surface area (Å²) in [4.78, 5) is 68.0. The number of amides is 5. The number of fused-ring (bicyclic) bond motifs is 1. The predicted molar refractivity (Wildman–Crippen MR) is 180 cm³/mol. The van der Waals surface area contributed by atoms with Crippen LogP contribution in [-0.2, 0) is 32.0 Å². The van der Waals surface area contributed by atoms with Gasteiger partial charge >= 0.3 is 0 Å². The van der Waals surface area contributed by atoms with Gasteiger partial charge in [-0.2, -0.15) is 0 Å². The molecule has 0 saturated heterocycles. The summed E-state index contributed by atoms with van der Waals surface area (Å²) in [6, 6.07) is 23.6. The van der Waals surface area contributed by atoms with Crippen molar-refractivity contribution < 1.29 is 28.7 Å². The Hall–Kier alpha value is -5.19. The van der Waals surface area contributed by atoms with Crippen LogP contribution in [0.15, 0.2) is 84.9 Å². The lowest BCUT2D eigenvalue weighted by Crippen LogP contribution is -2.62. The average Bonchev–Trinajstić information content (AvgIpc) is 3.57. The normalized spacial score (nSPS) is 20.5. The molecular weight excluding hydrogens is 610 g/mol. The van der Waals surface area contributed by atoms with Crippen molar-refractivity contribution in [2.45, 2.75) is 69.0 Å². The monoisotopic (exact) mass is 653 g/mol. The van der Waals surface area contributed by atoms with Gasteiger partial charge in [0.05, 0.1) is 18.6 Å². The van der Waals surface area contributed by atoms with E-state index >= 15 is 0 Å². The zero-order valence-electron chi connectivity index (χ0n) is 27.0. The quantitative estimate of drug-likeness (QED) is 0.276. The van der Waals surface area contributed by atoms with E-state index < -0.39 is 47.7 Å². The van der Waals surface area contributed by atoms with E-state index in [1.54, 1.807) is 24.3 Å². The maximum Gasteiger partial charge on any atom is 0.255 e. The lowest BCUT2D eigenvalue weighted by atomic mass is 9.94. The third-order valence-electron chi connectivity index (χ3n) is 8.75. The number of benzene rings is 3. The summed E-state index contributed by atoms with van der Waals surface area (Å²) in [5, 5.41) is 14.3. The molecule has 1 aliphatic carbocycles. The molecule has 0 aromatic heterocycles. The molecule has 2 atom stereocenters. The first-order valence-electron chi connectivity index (χ1n) is 16.6. The van der Waals surface area contributed by atoms with E-state index in [1.165, 1.54) is 0 Å². The second kappa shape index (κ2) is 16.6. The Bertz CT molecular complexity index is 1580. The minimum absolute atomic E-state index is 0.204. The van der Waals surface area contributed by atoms with Crippen molar-refractivity contribution in [2.75, 3.05) is 19.7 Å². The second-order valence-electron chi connectivity index (χ2n) is 12.3. The third kappa shape index (κ3) is 9.21. The Morgan fingerprint density at radius 3 is 2.21 bits per heavy atom. The molecule has 3 aromatic rings. The lowest BCUT2D eigenvalue weighted by molar-refractivity contribution is -0.136. The van der Waals surface area contributed by atoms with Crippen molar-refractivity contribution in [3.63, 3.8) is 0 Å². The number of hydrogen-bond acceptors (Lipinski definition) is 6. The van der Waals surface area contributed by atoms with Crippen LogP contribution in [0.25, 0.3) is 0 Å². The average molecular weight is 654 g/mol. The molecule has 1 fully saturated rings. The molecular formula is C37H43N5O6. The Labute approximate surface area is 280 Å². The SMILES string of the molecule is O=C1C[C@@H](C(=O)NCCc2ccccc2)NC(=O)c2ccccc2OCCCNC(=O)[C@H](Cc2ccccc2)NC(=O)C2(CCCC2)N1. The number of hydrogen-bond donors (Lipinski definition) is 5. The molecule has 1 spiro atoms. The lowest BCUT2D eigenvalue weighted by Gasteiger charge is -2.32. The summed E-state index contributed by atoms with van der Waals surface area (Å²) in [5.74, 6) is -2.14. The van der Waals surface area contributed by atoms with Gasteiger partial charge in [0, 0.05) is 19.5 Å². The van der Waals surface area contributed by atoms with Gasteiger partial charge in [0.1, 0.15) is 23.4 Å². The van der Waals surface area contributed by atoms with Crippen LogP contribution in [0.4, 0.5) is 0 Å². The molecule has 5 rings (SSSR count). The van der Waals surface area contributed by atoms with Crippen molar-refractivity contribution >= 4 is 29.5 Å². The summed E-state index contributed by atoms with van der Waals surface area (Å²) < 4.78 is 5.91. The van der Waals surface area contributed by atoms with Crippen LogP contribution >= 0.6 is 0 Å². The molecule has 0 radical (unpaired) electrons. The maximum atomic E-state index is 13.9. The van der Waals surface area contributed by atoms with Crippen molar-refractivity contribution in [2.24, 2.45) is 0 Å². The fourth-order valence-corrected chi connectivity index (χ4v) is 6.16. The minimum atomic E-state index is -1.25. The molecule has 1 saturated carbocycles. The summed E-state index contributed by atoms with van der Waals surface area (Å²) in [5.41, 5.74) is 0.862. The first kappa shape index (κ1) is 34.2. The zero-order valence-corrected chi connectivity index (χ0v) is 27.0. The molecule has 2 aliphatic rings. The molecule has 1 heterocycles. The van der Waals surface area contributed by atoms with E-state index in [2.05, 4.69) is 26.6 Å². The van der Waals surface area contributed by atoms with Gasteiger partial charge in [0.2, 0.25) is 23.6 Å². The van der Waals surface area contributed by atoms with Crippen LogP contribution in [0, 0.1) is 0 Å². The highest BCUT2D eigenvalue weighted by atomic mass is 16.5. The Morgan fingerprint density at radius 2 is 1.48 bits per heavy atom. The van der Waals surface area contributed by atoms with Crippen LogP contribution in [0.3, 0.4) is 0 Å². The fraction of sp³-hybridized carbons (Fsp3) is 0.378. The van der Waals surface area contributed by atoms with Crippen LogP contribution in [0.5, 0.6) is 5.75 Å². The van der Waals surface area contributed by atoms with E-state index in [0.29, 0.717) is 50.8 Å². The van der Waals surface area contributed by atoms with E-state index in [-0.39, 0.29) is 31.0 Å². The molecule has 0 bridgehead atoms. The first-order valence-corrected chi connectivity index (χ1v) is 16.6. The van der Waals surface area contributed by atoms with Gasteiger partial charge < -0.3 is 31.3 Å². The zero-order chi connectivity index (χ0) is 33.8. The third-order valence-corrected chi connectivity index (χ3v) is 8.75. The van der Waals surface area contributed by atoms with E-state index in [0.717, 1.165) is 11.1 Å². The number of carbonyl (C=O) groups excluding carboxylic acids is 5. The summed E-state index contributed by atoms with van der Waals surface area (Å²) in [7, 11) is 0. The van der Waals surface area contributed by atoms with Crippen molar-refractivity contribution in [1.82, 2.24) is 26.6 Å². The summed E-state index contributed by atoms with van der Waals surface area (Å²) in [6.07, 6.45) is 3.07. The topological polar surface area (TPSA) is 155 Å². The minimum Gasteiger partial charge on any atom is -0.493 e. The van der Waals surface area contributed by atoms with Crippen molar-refractivity contribution in [3.05, 3.63) is 102 Å². The Kier molecular flexibility index (Phi) is 11.8. The molecule has 252 valence electrons. The van der Waals surface area contributed by atoms with E-state index in [4.69, 9.17) is 4.74 Å². The molecule has 0 unspecified atom stereocenters. The van der Waals surface area contributed by atoms with Crippen molar-refractivity contribution in [1.29, 1.82) is 0 Å². The molecule has 5 N–H and O–H groups in total.